The van der Waals surface area contributed by atoms with Crippen LogP contribution in [0.3, 0.4) is 0 Å². The number of nitrogens with two attached hydrogens (primary N) is 7. The highest BCUT2D eigenvalue weighted by atomic mass is 16.7. The molecule has 0 rings (SSSR count). The number of rotatable bonds is 18. The van der Waals surface area contributed by atoms with E-state index in [1.165, 1.54) is 24.8 Å². The molecule has 0 aromatic rings. The molecule has 0 saturated heterocycles. The number of oxime groups is 1. The lowest BCUT2D eigenvalue weighted by Crippen LogP contribution is -2.41. The molecular formula is C61H129N20O11+. The second-order valence-corrected chi connectivity index (χ2v) is 29.3. The van der Waals surface area contributed by atoms with Crippen LogP contribution < -0.4 is 50.8 Å². The van der Waals surface area contributed by atoms with E-state index in [9.17, 15) is 33.9 Å². The zero-order valence-corrected chi connectivity index (χ0v) is 61.8. The lowest BCUT2D eigenvalue weighted by molar-refractivity contribution is -0.870. The number of ketones is 3. The summed E-state index contributed by atoms with van der Waals surface area (Å²) < 4.78 is 10.8. The average Bonchev–Trinajstić information content (AvgIpc) is 1.02. The van der Waals surface area contributed by atoms with Crippen molar-refractivity contribution in [3.05, 3.63) is 0 Å². The van der Waals surface area contributed by atoms with Gasteiger partial charge in [0.1, 0.15) is 17.5 Å². The second-order valence-electron chi connectivity index (χ2n) is 29.3. The topological polar surface area (TPSA) is 496 Å². The van der Waals surface area contributed by atoms with Gasteiger partial charge in [0.15, 0.2) is 29.4 Å². The van der Waals surface area contributed by atoms with Crippen LogP contribution in [-0.4, -0.2) is 214 Å². The highest BCUT2D eigenvalue weighted by molar-refractivity contribution is 6.02. The van der Waals surface area contributed by atoms with Gasteiger partial charge in [-0.2, -0.15) is 15.0 Å². The lowest BCUT2D eigenvalue weighted by Gasteiger charge is -2.27. The number of amides is 2. The fraction of sp³-hybridized carbons (Fsp3) is 0.787. The molecule has 2 amide bonds. The Labute approximate surface area is 551 Å². The van der Waals surface area contributed by atoms with Crippen molar-refractivity contribution in [2.75, 3.05) is 83.1 Å². The number of alkyl carbamates (subject to hydrolysis) is 1. The van der Waals surface area contributed by atoms with Gasteiger partial charge >= 0.3 is 12.1 Å². The normalized spacial score (nSPS) is 13.4. The number of carbonyl (C=O) groups excluding carboxylic acids is 6. The minimum Gasteiger partial charge on any atom is -0.425 e. The van der Waals surface area contributed by atoms with Crippen LogP contribution in [0.15, 0.2) is 25.1 Å². The summed E-state index contributed by atoms with van der Waals surface area (Å²) in [6.45, 7) is 37.8. The van der Waals surface area contributed by atoms with Gasteiger partial charge < -0.3 is 83.8 Å². The zero-order chi connectivity index (χ0) is 74.5. The molecule has 1 unspecified atom stereocenters. The number of esters is 1. The minimum atomic E-state index is -1.17. The molecule has 538 valence electrons. The van der Waals surface area contributed by atoms with Crippen molar-refractivity contribution in [1.82, 2.24) is 25.3 Å². The fourth-order valence-electron chi connectivity index (χ4n) is 5.15. The van der Waals surface area contributed by atoms with Gasteiger partial charge in [0.05, 0.1) is 45.8 Å². The molecule has 0 aliphatic carbocycles. The van der Waals surface area contributed by atoms with Gasteiger partial charge in [-0.1, -0.05) is 90.0 Å². The third-order valence-electron chi connectivity index (χ3n) is 11.3. The van der Waals surface area contributed by atoms with Crippen LogP contribution in [0.1, 0.15) is 177 Å². The molecule has 0 bridgehead atoms. The Bertz CT molecular complexity index is 2410. The Morgan fingerprint density at radius 1 is 0.620 bits per heavy atom. The van der Waals surface area contributed by atoms with Crippen molar-refractivity contribution in [3.63, 3.8) is 0 Å². The Balaban J connectivity index is -0.000000245. The van der Waals surface area contributed by atoms with Crippen molar-refractivity contribution in [2.45, 2.75) is 201 Å². The number of ether oxygens (including phenoxy) is 2. The molecule has 0 radical (unpaired) electrons. The van der Waals surface area contributed by atoms with Crippen molar-refractivity contribution in [3.8, 4) is 0 Å². The molecule has 31 heteroatoms. The molecule has 0 fully saturated rings. The molecule has 0 saturated carbocycles. The summed E-state index contributed by atoms with van der Waals surface area (Å²) in [5.41, 5.74) is 34.8. The Morgan fingerprint density at radius 2 is 1.10 bits per heavy atom. The number of hydrogen-bond acceptors (Lipinski definition) is 16. The van der Waals surface area contributed by atoms with Crippen LogP contribution >= 0.6 is 0 Å². The Kier molecular flexibility index (Phi) is 46.2. The third-order valence-corrected chi connectivity index (χ3v) is 11.3. The number of Topliss-reactive ketones (excluding diaryl/α,β-unsaturated/α-hetero) is 3. The van der Waals surface area contributed by atoms with E-state index in [4.69, 9.17) is 70.4 Å². The molecule has 0 aliphatic rings. The number of guanidine groups is 7. The quantitative estimate of drug-likeness (QED) is 0.0177. The molecule has 0 aromatic carbocycles. The molecule has 20 N–H and O–H groups in total. The number of nitrogens with zero attached hydrogens (tertiary/aromatic N) is 9. The van der Waals surface area contributed by atoms with E-state index < -0.39 is 46.7 Å². The van der Waals surface area contributed by atoms with E-state index in [1.807, 2.05) is 62.3 Å². The van der Waals surface area contributed by atoms with Gasteiger partial charge in [-0.15, -0.1) is 0 Å². The molecule has 0 spiro atoms. The largest absolute Gasteiger partial charge is 0.425 e. The van der Waals surface area contributed by atoms with Crippen molar-refractivity contribution in [1.29, 1.82) is 10.8 Å². The van der Waals surface area contributed by atoms with Gasteiger partial charge in [-0.3, -0.25) is 50.4 Å². The summed E-state index contributed by atoms with van der Waals surface area (Å²) in [5, 5.41) is 41.7. The van der Waals surface area contributed by atoms with E-state index in [0.717, 1.165) is 16.8 Å². The van der Waals surface area contributed by atoms with Gasteiger partial charge in [0.2, 0.25) is 30.1 Å². The van der Waals surface area contributed by atoms with E-state index in [-0.39, 0.29) is 94.4 Å². The Hall–Kier alpha value is -7.25. The van der Waals surface area contributed by atoms with Crippen LogP contribution in [-0.2, 0) is 38.3 Å². The first-order valence-electron chi connectivity index (χ1n) is 30.2. The summed E-state index contributed by atoms with van der Waals surface area (Å²) in [5.74, 6) is -0.179. The van der Waals surface area contributed by atoms with E-state index in [1.54, 1.807) is 107 Å². The first-order valence-corrected chi connectivity index (χ1v) is 30.2. The number of hydrogen-bond donors (Lipinski definition) is 13. The van der Waals surface area contributed by atoms with Gasteiger partial charge in [-0.05, 0) is 78.3 Å². The molecule has 31 nitrogen and oxygen atoms in total. The summed E-state index contributed by atoms with van der Waals surface area (Å²) in [6.07, 6.45) is 0.473. The highest BCUT2D eigenvalue weighted by Crippen LogP contribution is 2.24. The number of aliphatic hydroxyl groups excluding tert-OH is 2. The predicted octanol–water partition coefficient (Wildman–Crippen LogP) is 3.77. The predicted molar refractivity (Wildman–Crippen MR) is 371 cm³/mol. The van der Waals surface area contributed by atoms with E-state index in [0.29, 0.717) is 25.8 Å². The first kappa shape index (κ1) is 95.9. The zero-order valence-electron chi connectivity index (χ0n) is 61.8. The van der Waals surface area contributed by atoms with Gasteiger partial charge in [0.25, 0.3) is 5.96 Å². The maximum Gasteiger partial charge on any atom is 0.417 e. The van der Waals surface area contributed by atoms with E-state index in [2.05, 4.69) is 70.7 Å². The van der Waals surface area contributed by atoms with Crippen LogP contribution in [0.5, 0.6) is 0 Å². The SMILES string of the molecule is CC(C)(C)C(=O)CCCC(=O)[C@H](O)C(C)(C)CO.CC(C)(C)C(=O)[C@@H](N)CCCN=C(N)N.CC(C)CC[N+](C)(C)C.CC(OC(=O)NC(N)=NC(=N)N(C)C)OC(=O)C(C)(C)C.CN(C)C(N)=NC(=N)NC(=O)C(C)(C)C.CN(C)C(N)=NC(N)=NOC(C)(C)C. The molecule has 92 heavy (non-hydrogen) atoms. The number of quaternary nitrogens is 1. The highest BCUT2D eigenvalue weighted by Gasteiger charge is 2.33. The monoisotopic (exact) mass is 1320 g/mol. The van der Waals surface area contributed by atoms with Crippen LogP contribution in [0, 0.1) is 43.8 Å². The van der Waals surface area contributed by atoms with Crippen molar-refractivity contribution in [2.24, 2.45) is 98.3 Å². The number of aliphatic hydroxyl groups is 2. The summed E-state index contributed by atoms with van der Waals surface area (Å²) in [6, 6.07) is -0.417. The van der Waals surface area contributed by atoms with E-state index >= 15 is 0 Å². The fourth-order valence-corrected chi connectivity index (χ4v) is 5.15. The maximum atomic E-state index is 11.7. The smallest absolute Gasteiger partial charge is 0.417 e. The average molecular weight is 1320 g/mol. The standard InChI is InChI=1S/C14H26O4.C12H23N5O4.C10H22N4O.C9H19N5O.C8H19N5O.C8H20N/c1-13(2,3)11(17)8-6-7-10(16)12(18)14(4,5)9-15;1-7(20-8(18)12(2,3)4)21-11(19)16-9(13)15-10(14)17(5)6;1-10(2,3)8(15)7(11)5-4-6-14-9(12)13;1-9(2,3)6(15)12-7(10)13-8(11)14(4)5;1-8(2,3)14-12-6(9)11-7(10)13(4)5;1-8(2)6-7-9(3,4)5/h12,15,18H,6-9H2,1-5H3;7H,1-6H3,(H4,13,14,15,16,19);7H,4-6,11H2,1-3H3,(H4,12,13,14);1-5H3,(H4,10,11,12,13,15);1-5H3,(H4,9,10,11,12);8H,6-7H2,1-5H3/q;;;;;+1/t12-;;7-;;;/m0.0.../s1. The Morgan fingerprint density at radius 3 is 1.46 bits per heavy atom. The van der Waals surface area contributed by atoms with Gasteiger partial charge in [-0.25, -0.2) is 4.79 Å². The van der Waals surface area contributed by atoms with Crippen LogP contribution in [0.25, 0.3) is 0 Å². The maximum absolute atomic E-state index is 11.7. The molecule has 3 atom stereocenters. The first-order chi connectivity index (χ1) is 41.0. The lowest BCUT2D eigenvalue weighted by atomic mass is 9.83. The van der Waals surface area contributed by atoms with Crippen LogP contribution in [0.2, 0.25) is 0 Å². The van der Waals surface area contributed by atoms with Gasteiger partial charge in [0, 0.05) is 90.3 Å². The summed E-state index contributed by atoms with van der Waals surface area (Å²) >= 11 is 0. The third kappa shape index (κ3) is 56.7. The number of aliphatic imine (C=N–C) groups is 4. The molecule has 0 heterocycles. The molecule has 0 aromatic heterocycles. The molecule has 0 aliphatic heterocycles. The second kappa shape index (κ2) is 44.3. The number of nitrogens with one attached hydrogen (secondary N) is 4. The van der Waals surface area contributed by atoms with Crippen molar-refractivity contribution >= 4 is 77.0 Å². The summed E-state index contributed by atoms with van der Waals surface area (Å²) in [7, 11) is 16.9. The minimum absolute atomic E-state index is 0.00567. The molecular weight excluding hydrogens is 1190 g/mol. The summed E-state index contributed by atoms with van der Waals surface area (Å²) in [4.78, 5) is 94.1. The van der Waals surface area contributed by atoms with Crippen molar-refractivity contribution < 1.29 is 57.8 Å². The number of carbonyl (C=O) groups is 6. The van der Waals surface area contributed by atoms with Crippen LogP contribution in [0.4, 0.5) is 4.79 Å².